The molecule has 0 aromatic carbocycles. The van der Waals surface area contributed by atoms with Gasteiger partial charge < -0.3 is 14.5 Å². The number of furan rings is 1. The van der Waals surface area contributed by atoms with Crippen molar-refractivity contribution >= 4 is 5.97 Å². The summed E-state index contributed by atoms with van der Waals surface area (Å²) in [5.41, 5.74) is 0. The Morgan fingerprint density at radius 3 is 2.80 bits per heavy atom. The zero-order valence-corrected chi connectivity index (χ0v) is 12.5. The number of rotatable bonds is 5. The van der Waals surface area contributed by atoms with Crippen molar-refractivity contribution in [3.63, 3.8) is 0 Å². The zero-order valence-electron chi connectivity index (χ0n) is 12.5. The molecule has 1 saturated heterocycles. The van der Waals surface area contributed by atoms with Gasteiger partial charge in [0.2, 0.25) is 5.76 Å². The van der Waals surface area contributed by atoms with Crippen LogP contribution in [0.25, 0.3) is 0 Å². The number of methoxy groups -OCH3 is 1. The fourth-order valence-corrected chi connectivity index (χ4v) is 2.94. The third kappa shape index (κ3) is 3.22. The van der Waals surface area contributed by atoms with Crippen molar-refractivity contribution in [3.05, 3.63) is 23.7 Å². The Bertz CT molecular complexity index is 438. The van der Waals surface area contributed by atoms with E-state index in [1.807, 2.05) is 6.07 Å². The zero-order chi connectivity index (χ0) is 14.5. The van der Waals surface area contributed by atoms with Crippen LogP contribution in [-0.4, -0.2) is 43.7 Å². The monoisotopic (exact) mass is 280 g/mol. The number of nitrogens with zero attached hydrogens (tertiary/aromatic N) is 1. The van der Waals surface area contributed by atoms with E-state index >= 15 is 0 Å². The number of nitrogens with one attached hydrogen (secondary N) is 1. The fourth-order valence-electron chi connectivity index (χ4n) is 2.94. The third-order valence-corrected chi connectivity index (χ3v) is 4.07. The van der Waals surface area contributed by atoms with E-state index in [2.05, 4.69) is 28.8 Å². The molecule has 1 aliphatic rings. The van der Waals surface area contributed by atoms with Crippen molar-refractivity contribution in [1.82, 2.24) is 10.2 Å². The second kappa shape index (κ2) is 6.90. The Hall–Kier alpha value is -1.33. The van der Waals surface area contributed by atoms with Crippen molar-refractivity contribution in [3.8, 4) is 0 Å². The summed E-state index contributed by atoms with van der Waals surface area (Å²) >= 11 is 0. The number of carbonyl (C=O) groups excluding carboxylic acids is 1. The molecule has 1 fully saturated rings. The predicted molar refractivity (Wildman–Crippen MR) is 76.7 cm³/mol. The quantitative estimate of drug-likeness (QED) is 0.838. The Balaban J connectivity index is 2.09. The highest BCUT2D eigenvalue weighted by molar-refractivity contribution is 5.86. The molecule has 0 bridgehead atoms. The van der Waals surface area contributed by atoms with Gasteiger partial charge in [-0.15, -0.1) is 0 Å². The molecule has 1 aliphatic heterocycles. The lowest BCUT2D eigenvalue weighted by molar-refractivity contribution is 0.0554. The van der Waals surface area contributed by atoms with E-state index in [-0.39, 0.29) is 11.8 Å². The highest BCUT2D eigenvalue weighted by Gasteiger charge is 2.27. The summed E-state index contributed by atoms with van der Waals surface area (Å²) in [4.78, 5) is 13.9. The van der Waals surface area contributed by atoms with Gasteiger partial charge in [-0.2, -0.15) is 0 Å². The average Bonchev–Trinajstić information content (AvgIpc) is 2.98. The van der Waals surface area contributed by atoms with Crippen LogP contribution in [0.3, 0.4) is 0 Å². The SMILES string of the molecule is CCN(C1CCNCC1)C(C)c1ccc(C(=O)OC)o1. The molecule has 5 nitrogen and oxygen atoms in total. The van der Waals surface area contributed by atoms with Gasteiger partial charge in [0.25, 0.3) is 0 Å². The Labute approximate surface area is 120 Å². The van der Waals surface area contributed by atoms with Gasteiger partial charge >= 0.3 is 5.97 Å². The first kappa shape index (κ1) is 15.1. The number of esters is 1. The van der Waals surface area contributed by atoms with E-state index < -0.39 is 5.97 Å². The lowest BCUT2D eigenvalue weighted by atomic mass is 10.0. The van der Waals surface area contributed by atoms with Crippen LogP contribution in [-0.2, 0) is 4.74 Å². The smallest absolute Gasteiger partial charge is 0.373 e. The fraction of sp³-hybridized carbons (Fsp3) is 0.667. The molecule has 2 heterocycles. The van der Waals surface area contributed by atoms with Gasteiger partial charge in [-0.3, -0.25) is 4.90 Å². The molecule has 2 rings (SSSR count). The predicted octanol–water partition coefficient (Wildman–Crippen LogP) is 2.20. The average molecular weight is 280 g/mol. The van der Waals surface area contributed by atoms with Crippen LogP contribution in [0.5, 0.6) is 0 Å². The maximum Gasteiger partial charge on any atom is 0.373 e. The molecule has 1 atom stereocenters. The van der Waals surface area contributed by atoms with Crippen LogP contribution in [0.1, 0.15) is 49.0 Å². The minimum absolute atomic E-state index is 0.168. The van der Waals surface area contributed by atoms with E-state index in [4.69, 9.17) is 4.42 Å². The molecule has 5 heteroatoms. The second-order valence-electron chi connectivity index (χ2n) is 5.18. The second-order valence-corrected chi connectivity index (χ2v) is 5.18. The number of hydrogen-bond acceptors (Lipinski definition) is 5. The van der Waals surface area contributed by atoms with Gasteiger partial charge in [-0.1, -0.05) is 6.92 Å². The molecule has 1 unspecified atom stereocenters. The lowest BCUT2D eigenvalue weighted by Crippen LogP contribution is -2.44. The van der Waals surface area contributed by atoms with Crippen LogP contribution in [0.4, 0.5) is 0 Å². The highest BCUT2D eigenvalue weighted by atomic mass is 16.5. The summed E-state index contributed by atoms with van der Waals surface area (Å²) in [7, 11) is 1.36. The minimum atomic E-state index is -0.423. The summed E-state index contributed by atoms with van der Waals surface area (Å²) in [6.07, 6.45) is 2.31. The van der Waals surface area contributed by atoms with Crippen LogP contribution in [0.2, 0.25) is 0 Å². The molecule has 112 valence electrons. The van der Waals surface area contributed by atoms with Crippen LogP contribution in [0, 0.1) is 0 Å². The molecule has 0 spiro atoms. The molecule has 20 heavy (non-hydrogen) atoms. The van der Waals surface area contributed by atoms with Crippen molar-refractivity contribution in [2.24, 2.45) is 0 Å². The van der Waals surface area contributed by atoms with E-state index in [0.29, 0.717) is 6.04 Å². The number of ether oxygens (including phenoxy) is 1. The number of carbonyl (C=O) groups is 1. The van der Waals surface area contributed by atoms with Crippen LogP contribution < -0.4 is 5.32 Å². The largest absolute Gasteiger partial charge is 0.463 e. The molecular formula is C15H24N2O3. The van der Waals surface area contributed by atoms with Gasteiger partial charge in [0.1, 0.15) is 5.76 Å². The molecule has 0 saturated carbocycles. The number of hydrogen-bond donors (Lipinski definition) is 1. The first-order chi connectivity index (χ1) is 9.67. The maximum atomic E-state index is 11.5. The molecule has 0 radical (unpaired) electrons. The summed E-state index contributed by atoms with van der Waals surface area (Å²) < 4.78 is 10.3. The van der Waals surface area contributed by atoms with Crippen molar-refractivity contribution in [1.29, 1.82) is 0 Å². The topological polar surface area (TPSA) is 54.7 Å². The maximum absolute atomic E-state index is 11.5. The van der Waals surface area contributed by atoms with Crippen LogP contribution in [0.15, 0.2) is 16.5 Å². The Kier molecular flexibility index (Phi) is 5.20. The van der Waals surface area contributed by atoms with Gasteiger partial charge in [0, 0.05) is 6.04 Å². The summed E-state index contributed by atoms with van der Waals surface area (Å²) in [5, 5.41) is 3.39. The summed E-state index contributed by atoms with van der Waals surface area (Å²) in [6, 6.07) is 4.30. The van der Waals surface area contributed by atoms with Gasteiger partial charge in [0.05, 0.1) is 13.2 Å². The standard InChI is InChI=1S/C15H24N2O3/c1-4-17(12-7-9-16-10-8-12)11(2)13-5-6-14(20-13)15(18)19-3/h5-6,11-12,16H,4,7-10H2,1-3H3. The van der Waals surface area contributed by atoms with Gasteiger partial charge in [-0.25, -0.2) is 4.79 Å². The minimum Gasteiger partial charge on any atom is -0.463 e. The Morgan fingerprint density at radius 2 is 2.20 bits per heavy atom. The molecule has 0 aliphatic carbocycles. The van der Waals surface area contributed by atoms with Gasteiger partial charge in [-0.05, 0) is 51.5 Å². The lowest BCUT2D eigenvalue weighted by Gasteiger charge is -2.37. The van der Waals surface area contributed by atoms with E-state index in [0.717, 1.165) is 38.2 Å². The first-order valence-corrected chi connectivity index (χ1v) is 7.31. The summed E-state index contributed by atoms with van der Waals surface area (Å²) in [6.45, 7) is 7.41. The molecule has 0 amide bonds. The van der Waals surface area contributed by atoms with Gasteiger partial charge in [0.15, 0.2) is 0 Å². The van der Waals surface area contributed by atoms with Crippen molar-refractivity contribution in [2.45, 2.75) is 38.8 Å². The first-order valence-electron chi connectivity index (χ1n) is 7.31. The molecule has 1 aromatic rings. The van der Waals surface area contributed by atoms with E-state index in [9.17, 15) is 4.79 Å². The highest BCUT2D eigenvalue weighted by Crippen LogP contribution is 2.27. The molecular weight excluding hydrogens is 256 g/mol. The normalized spacial score (nSPS) is 18.2. The van der Waals surface area contributed by atoms with Crippen molar-refractivity contribution in [2.75, 3.05) is 26.7 Å². The molecule has 1 N–H and O–H groups in total. The Morgan fingerprint density at radius 1 is 1.50 bits per heavy atom. The number of piperidine rings is 1. The summed E-state index contributed by atoms with van der Waals surface area (Å²) in [5.74, 6) is 0.676. The van der Waals surface area contributed by atoms with E-state index in [1.54, 1.807) is 6.07 Å². The molecule has 1 aromatic heterocycles. The third-order valence-electron chi connectivity index (χ3n) is 4.07. The van der Waals surface area contributed by atoms with Crippen LogP contribution >= 0.6 is 0 Å². The van der Waals surface area contributed by atoms with E-state index in [1.165, 1.54) is 7.11 Å². The van der Waals surface area contributed by atoms with Crippen molar-refractivity contribution < 1.29 is 13.9 Å².